The van der Waals surface area contributed by atoms with Gasteiger partial charge in [0.25, 0.3) is 0 Å². The maximum Gasteiger partial charge on any atom is 0.335 e. The van der Waals surface area contributed by atoms with Crippen molar-refractivity contribution in [3.8, 4) is 0 Å². The highest BCUT2D eigenvalue weighted by molar-refractivity contribution is 5.74. The van der Waals surface area contributed by atoms with Crippen LogP contribution in [0.1, 0.15) is 342 Å². The Balaban J connectivity index is 2.62. The molecule has 1 heterocycles. The van der Waals surface area contributed by atoms with E-state index in [1.54, 1.807) is 0 Å². The maximum absolute atomic E-state index is 13.2. The van der Waals surface area contributed by atoms with E-state index in [9.17, 15) is 34.5 Å². The maximum atomic E-state index is 13.2. The van der Waals surface area contributed by atoms with Crippen LogP contribution < -0.4 is 0 Å². The van der Waals surface area contributed by atoms with Crippen LogP contribution in [-0.4, -0.2) is 89.2 Å². The van der Waals surface area contributed by atoms with E-state index >= 15 is 0 Å². The normalized spacial score (nSPS) is 17.7. The summed E-state index contributed by atoms with van der Waals surface area (Å²) < 4.78 is 28.6. The molecule has 0 aromatic carbocycles. The lowest BCUT2D eigenvalue weighted by atomic mass is 9.98. The second kappa shape index (κ2) is 60.9. The quantitative estimate of drug-likeness (QED) is 0.0228. The molecule has 0 bridgehead atoms. The van der Waals surface area contributed by atoms with Crippen molar-refractivity contribution in [2.45, 2.75) is 379 Å². The third kappa shape index (κ3) is 50.3. The number of allylic oxidation sites excluding steroid dienone is 8. The Morgan fingerprint density at radius 3 is 1.08 bits per heavy atom. The van der Waals surface area contributed by atoms with Crippen LogP contribution in [0.2, 0.25) is 0 Å². The number of carbonyl (C=O) groups excluding carboxylic acids is 3. The zero-order chi connectivity index (χ0) is 61.7. The van der Waals surface area contributed by atoms with Crippen molar-refractivity contribution in [3.63, 3.8) is 0 Å². The Morgan fingerprint density at radius 2 is 0.706 bits per heavy atom. The highest BCUT2D eigenvalue weighted by atomic mass is 16.7. The molecule has 1 rings (SSSR count). The number of carboxylic acid groups (broad SMARTS) is 1. The smallest absolute Gasteiger partial charge is 0.335 e. The number of esters is 3. The van der Waals surface area contributed by atoms with Gasteiger partial charge in [0.05, 0.1) is 6.61 Å². The molecule has 3 N–H and O–H groups in total. The van der Waals surface area contributed by atoms with E-state index in [-0.39, 0.29) is 25.9 Å². The SMILES string of the molecule is CCCCC/C=C\C/C=C\CCCCCCCCCCCC(=O)OC1C(OCC(COC(=O)CCCCCCCCCCCCCCCCCCCCC)OC(=O)CCCCCCCCC/C=C\C/C=C\CCCCC)OC(C(=O)O)C(O)C1O. The molecule has 0 spiro atoms. The number of carbonyl (C=O) groups is 4. The van der Waals surface area contributed by atoms with E-state index in [0.29, 0.717) is 19.3 Å². The number of carboxylic acids is 1. The van der Waals surface area contributed by atoms with Gasteiger partial charge < -0.3 is 39.0 Å². The number of aliphatic hydroxyl groups excluding tert-OH is 2. The summed E-state index contributed by atoms with van der Waals surface area (Å²) in [5.74, 6) is -3.10. The summed E-state index contributed by atoms with van der Waals surface area (Å²) in [5.41, 5.74) is 0. The molecule has 6 unspecified atom stereocenters. The van der Waals surface area contributed by atoms with Gasteiger partial charge >= 0.3 is 23.9 Å². The molecule has 0 amide bonds. The molecule has 1 aliphatic rings. The first kappa shape index (κ1) is 79.7. The zero-order valence-corrected chi connectivity index (χ0v) is 54.9. The first-order chi connectivity index (χ1) is 41.6. The standard InChI is InChI=1S/C73H130O12/c1-4-7-10-13-16-19-22-25-28-31-33-36-38-41-44-47-50-53-56-59-65(74)81-62-64(83-66(75)60-57-54-51-48-45-42-39-35-30-27-24-21-18-15-12-9-6-3)63-82-73-71(69(78)68(77)70(85-73)72(79)80)84-67(76)61-58-55-52-49-46-43-40-37-34-32-29-26-23-20-17-14-11-8-5-2/h17-18,20-21,26-27,29-30,64,68-71,73,77-78H,4-16,19,22-25,28,31-63H2,1-3H3,(H,79,80)/b20-17-,21-18-,29-26-,30-27-. The van der Waals surface area contributed by atoms with Crippen molar-refractivity contribution >= 4 is 23.9 Å². The summed E-state index contributed by atoms with van der Waals surface area (Å²) in [4.78, 5) is 51.5. The average molecular weight is 1200 g/mol. The van der Waals surface area contributed by atoms with Crippen molar-refractivity contribution in [1.82, 2.24) is 0 Å². The van der Waals surface area contributed by atoms with Crippen LogP contribution in [-0.2, 0) is 42.9 Å². The molecule has 0 aromatic rings. The minimum Gasteiger partial charge on any atom is -0.479 e. The Labute approximate surface area is 520 Å². The van der Waals surface area contributed by atoms with Crippen LogP contribution in [0.3, 0.4) is 0 Å². The largest absolute Gasteiger partial charge is 0.479 e. The van der Waals surface area contributed by atoms with E-state index in [1.165, 1.54) is 186 Å². The van der Waals surface area contributed by atoms with Crippen molar-refractivity contribution in [2.75, 3.05) is 13.2 Å². The summed E-state index contributed by atoms with van der Waals surface area (Å²) in [6.07, 6.45) is 63.4. The zero-order valence-electron chi connectivity index (χ0n) is 54.9. The van der Waals surface area contributed by atoms with Crippen LogP contribution in [0.25, 0.3) is 0 Å². The summed E-state index contributed by atoms with van der Waals surface area (Å²) >= 11 is 0. The number of rotatable bonds is 62. The number of ether oxygens (including phenoxy) is 5. The van der Waals surface area contributed by atoms with Gasteiger partial charge in [0.2, 0.25) is 0 Å². The Bertz CT molecular complexity index is 1660. The second-order valence-electron chi connectivity index (χ2n) is 24.5. The summed E-state index contributed by atoms with van der Waals surface area (Å²) in [6.45, 7) is 6.01. The van der Waals surface area contributed by atoms with Crippen molar-refractivity contribution in [1.29, 1.82) is 0 Å². The third-order valence-corrected chi connectivity index (χ3v) is 16.4. The number of hydrogen-bond acceptors (Lipinski definition) is 11. The predicted molar refractivity (Wildman–Crippen MR) is 349 cm³/mol. The monoisotopic (exact) mass is 1200 g/mol. The molecule has 1 fully saturated rings. The fourth-order valence-corrected chi connectivity index (χ4v) is 10.9. The minimum absolute atomic E-state index is 0.0570. The van der Waals surface area contributed by atoms with Gasteiger partial charge in [-0.1, -0.05) is 288 Å². The molecule has 1 saturated heterocycles. The number of aliphatic carboxylic acids is 1. The molecule has 0 aliphatic carbocycles. The molecule has 1 aliphatic heterocycles. The molecule has 0 saturated carbocycles. The molecule has 0 radical (unpaired) electrons. The van der Waals surface area contributed by atoms with Crippen LogP contribution in [0.4, 0.5) is 0 Å². The predicted octanol–water partition coefficient (Wildman–Crippen LogP) is 19.7. The molecular weight excluding hydrogens is 1070 g/mol. The molecule has 494 valence electrons. The number of hydrogen-bond donors (Lipinski definition) is 3. The van der Waals surface area contributed by atoms with Gasteiger partial charge in [-0.25, -0.2) is 4.79 Å². The summed E-state index contributed by atoms with van der Waals surface area (Å²) in [7, 11) is 0. The summed E-state index contributed by atoms with van der Waals surface area (Å²) in [5, 5.41) is 31.7. The van der Waals surface area contributed by atoms with Crippen molar-refractivity contribution in [2.24, 2.45) is 0 Å². The first-order valence-electron chi connectivity index (χ1n) is 35.6. The highest BCUT2D eigenvalue weighted by Gasteiger charge is 2.50. The van der Waals surface area contributed by atoms with E-state index in [0.717, 1.165) is 96.3 Å². The van der Waals surface area contributed by atoms with Gasteiger partial charge in [0.1, 0.15) is 18.8 Å². The number of aliphatic hydroxyl groups is 2. The fraction of sp³-hybridized carbons (Fsp3) is 0.836. The lowest BCUT2D eigenvalue weighted by Gasteiger charge is -2.40. The van der Waals surface area contributed by atoms with E-state index in [2.05, 4.69) is 69.4 Å². The minimum atomic E-state index is -1.91. The van der Waals surface area contributed by atoms with Gasteiger partial charge in [0.15, 0.2) is 24.6 Å². The van der Waals surface area contributed by atoms with Crippen LogP contribution in [0.15, 0.2) is 48.6 Å². The Hall–Kier alpha value is -3.32. The topological polar surface area (TPSA) is 175 Å². The lowest BCUT2D eigenvalue weighted by Crippen LogP contribution is -2.61. The molecule has 12 nitrogen and oxygen atoms in total. The van der Waals surface area contributed by atoms with Gasteiger partial charge in [-0.3, -0.25) is 14.4 Å². The van der Waals surface area contributed by atoms with Crippen LogP contribution >= 0.6 is 0 Å². The molecule has 6 atom stereocenters. The van der Waals surface area contributed by atoms with E-state index in [4.69, 9.17) is 23.7 Å². The van der Waals surface area contributed by atoms with Crippen molar-refractivity contribution < 1.29 is 58.2 Å². The molecular formula is C73H130O12. The van der Waals surface area contributed by atoms with Crippen LogP contribution in [0, 0.1) is 0 Å². The molecule has 12 heteroatoms. The fourth-order valence-electron chi connectivity index (χ4n) is 10.9. The van der Waals surface area contributed by atoms with Gasteiger partial charge in [-0.2, -0.15) is 0 Å². The van der Waals surface area contributed by atoms with Gasteiger partial charge in [-0.15, -0.1) is 0 Å². The third-order valence-electron chi connectivity index (χ3n) is 16.4. The highest BCUT2D eigenvalue weighted by Crippen LogP contribution is 2.27. The second-order valence-corrected chi connectivity index (χ2v) is 24.5. The molecule has 0 aromatic heterocycles. The molecule has 85 heavy (non-hydrogen) atoms. The first-order valence-corrected chi connectivity index (χ1v) is 35.6. The van der Waals surface area contributed by atoms with Gasteiger partial charge in [0, 0.05) is 19.3 Å². The Morgan fingerprint density at radius 1 is 0.388 bits per heavy atom. The lowest BCUT2D eigenvalue weighted by molar-refractivity contribution is -0.301. The van der Waals surface area contributed by atoms with Gasteiger partial charge in [-0.05, 0) is 83.5 Å². The number of unbranched alkanes of at least 4 members (excludes halogenated alkanes) is 40. The van der Waals surface area contributed by atoms with Crippen molar-refractivity contribution in [3.05, 3.63) is 48.6 Å². The van der Waals surface area contributed by atoms with Crippen LogP contribution in [0.5, 0.6) is 0 Å². The average Bonchev–Trinajstić information content (AvgIpc) is 2.79. The Kier molecular flexibility index (Phi) is 57.1. The van der Waals surface area contributed by atoms with E-state index in [1.807, 2.05) is 0 Å². The van der Waals surface area contributed by atoms with E-state index < -0.39 is 67.3 Å². The summed E-state index contributed by atoms with van der Waals surface area (Å²) in [6, 6.07) is 0.